The van der Waals surface area contributed by atoms with Gasteiger partial charge in [0.05, 0.1) is 0 Å². The second-order valence-corrected chi connectivity index (χ2v) is 4.87. The average molecular weight is 322 g/mol. The second kappa shape index (κ2) is 7.34. The minimum atomic E-state index is -1.54. The van der Waals surface area contributed by atoms with Gasteiger partial charge < -0.3 is 31.6 Å². The predicted octanol–water partition coefficient (Wildman–Crippen LogP) is -1.36. The van der Waals surface area contributed by atoms with Gasteiger partial charge in [0.15, 0.2) is 17.5 Å². The molecule has 1 aromatic carbocycles. The number of carbonyl (C=O) groups is 3. The second-order valence-electron chi connectivity index (χ2n) is 4.87. The Morgan fingerprint density at radius 3 is 2.39 bits per heavy atom. The first-order valence-corrected chi connectivity index (χ1v) is 6.99. The van der Waals surface area contributed by atoms with Gasteiger partial charge >= 0.3 is 6.03 Å². The van der Waals surface area contributed by atoms with Gasteiger partial charge in [-0.1, -0.05) is 6.07 Å². The molecule has 0 aliphatic carbocycles. The van der Waals surface area contributed by atoms with Crippen LogP contribution < -0.4 is 31.6 Å². The molecule has 23 heavy (non-hydrogen) atoms. The molecule has 9 nitrogen and oxygen atoms in total. The van der Waals surface area contributed by atoms with Crippen molar-refractivity contribution in [1.29, 1.82) is 0 Å². The first-order chi connectivity index (χ1) is 11.0. The highest BCUT2D eigenvalue weighted by Crippen LogP contribution is 2.30. The highest BCUT2D eigenvalue weighted by atomic mass is 16.6. The maximum atomic E-state index is 11.6. The Morgan fingerprint density at radius 1 is 1.09 bits per heavy atom. The van der Waals surface area contributed by atoms with Crippen LogP contribution in [-0.4, -0.2) is 43.6 Å². The van der Waals surface area contributed by atoms with Crippen LogP contribution in [-0.2, 0) is 16.0 Å². The Hall–Kier alpha value is -2.97. The van der Waals surface area contributed by atoms with Crippen LogP contribution in [0.4, 0.5) is 4.79 Å². The van der Waals surface area contributed by atoms with E-state index in [-0.39, 0.29) is 6.54 Å². The minimum absolute atomic E-state index is 0.287. The number of primary amides is 2. The van der Waals surface area contributed by atoms with Gasteiger partial charge in [-0.05, 0) is 24.1 Å². The molecule has 0 atom stereocenters. The number of rotatable bonds is 6. The number of nitrogens with two attached hydrogens (primary N) is 2. The number of benzene rings is 1. The smallest absolute Gasteiger partial charge is 0.315 e. The molecule has 0 spiro atoms. The van der Waals surface area contributed by atoms with Crippen LogP contribution in [0, 0.1) is 0 Å². The first-order valence-electron chi connectivity index (χ1n) is 6.99. The monoisotopic (exact) mass is 322 g/mol. The van der Waals surface area contributed by atoms with Crippen molar-refractivity contribution in [2.75, 3.05) is 19.8 Å². The van der Waals surface area contributed by atoms with E-state index >= 15 is 0 Å². The number of hydrogen-bond acceptors (Lipinski definition) is 5. The first kappa shape index (κ1) is 16.4. The van der Waals surface area contributed by atoms with Gasteiger partial charge in [-0.25, -0.2) is 4.79 Å². The summed E-state index contributed by atoms with van der Waals surface area (Å²) in [5.41, 5.74) is 10.9. The summed E-state index contributed by atoms with van der Waals surface area (Å²) < 4.78 is 10.9. The van der Waals surface area contributed by atoms with E-state index in [4.69, 9.17) is 20.9 Å². The molecule has 1 aromatic rings. The number of amides is 4. The zero-order valence-electron chi connectivity index (χ0n) is 12.3. The zero-order valence-corrected chi connectivity index (χ0v) is 12.3. The predicted molar refractivity (Wildman–Crippen MR) is 79.8 cm³/mol. The highest BCUT2D eigenvalue weighted by molar-refractivity contribution is 6.05. The quantitative estimate of drug-likeness (QED) is 0.478. The molecule has 1 aliphatic rings. The van der Waals surface area contributed by atoms with E-state index in [0.717, 1.165) is 5.56 Å². The van der Waals surface area contributed by atoms with Gasteiger partial charge in [-0.15, -0.1) is 0 Å². The van der Waals surface area contributed by atoms with Crippen molar-refractivity contribution >= 4 is 17.8 Å². The Bertz CT molecular complexity index is 605. The van der Waals surface area contributed by atoms with Crippen LogP contribution in [0.25, 0.3) is 0 Å². The van der Waals surface area contributed by atoms with Gasteiger partial charge in [0.25, 0.3) is 0 Å². The van der Waals surface area contributed by atoms with Crippen molar-refractivity contribution in [3.63, 3.8) is 0 Å². The molecule has 1 aliphatic heterocycles. The molecule has 2 rings (SSSR count). The Kier molecular flexibility index (Phi) is 5.23. The number of hydrogen-bond donors (Lipinski definition) is 4. The van der Waals surface area contributed by atoms with E-state index in [2.05, 4.69) is 10.6 Å². The molecular formula is C14H18N4O5. The summed E-state index contributed by atoms with van der Waals surface area (Å²) >= 11 is 0. The van der Waals surface area contributed by atoms with E-state index in [0.29, 0.717) is 31.1 Å². The van der Waals surface area contributed by atoms with Crippen molar-refractivity contribution in [3.8, 4) is 11.5 Å². The van der Waals surface area contributed by atoms with E-state index in [1.165, 1.54) is 0 Å². The van der Waals surface area contributed by atoms with Gasteiger partial charge in [0.1, 0.15) is 13.2 Å². The number of ether oxygens (including phenoxy) is 2. The molecule has 0 fully saturated rings. The molecule has 1 heterocycles. The number of urea groups is 1. The van der Waals surface area contributed by atoms with Crippen LogP contribution in [0.15, 0.2) is 18.2 Å². The van der Waals surface area contributed by atoms with Crippen LogP contribution in [0.2, 0.25) is 0 Å². The van der Waals surface area contributed by atoms with Gasteiger partial charge in [-0.3, -0.25) is 9.59 Å². The molecule has 6 N–H and O–H groups in total. The molecule has 0 radical (unpaired) electrons. The Balaban J connectivity index is 1.81. The maximum Gasteiger partial charge on any atom is 0.315 e. The van der Waals surface area contributed by atoms with Crippen molar-refractivity contribution in [2.45, 2.75) is 12.5 Å². The third kappa shape index (κ3) is 4.50. The van der Waals surface area contributed by atoms with Gasteiger partial charge in [0, 0.05) is 6.54 Å². The summed E-state index contributed by atoms with van der Waals surface area (Å²) in [7, 11) is 0. The molecule has 0 unspecified atom stereocenters. The standard InChI is InChI=1S/C14H18N4O5/c15-12(19)11(13(16)20)18-14(21)17-4-3-8-1-2-9-10(7-8)23-6-5-22-9/h1-2,7,11H,3-6H2,(H2,15,19)(H2,16,20)(H2,17,18,21). The van der Waals surface area contributed by atoms with Crippen molar-refractivity contribution in [2.24, 2.45) is 11.5 Å². The van der Waals surface area contributed by atoms with Crippen molar-refractivity contribution in [1.82, 2.24) is 10.6 Å². The SMILES string of the molecule is NC(=O)C(NC(=O)NCCc1ccc2c(c1)OCCO2)C(N)=O. The van der Waals surface area contributed by atoms with E-state index in [1.807, 2.05) is 12.1 Å². The lowest BCUT2D eigenvalue weighted by Crippen LogP contribution is -2.55. The molecule has 9 heteroatoms. The van der Waals surface area contributed by atoms with Crippen molar-refractivity contribution < 1.29 is 23.9 Å². The molecule has 124 valence electrons. The molecule has 0 saturated carbocycles. The lowest BCUT2D eigenvalue weighted by atomic mass is 10.1. The maximum absolute atomic E-state index is 11.6. The highest BCUT2D eigenvalue weighted by Gasteiger charge is 2.23. The third-order valence-electron chi connectivity index (χ3n) is 3.15. The minimum Gasteiger partial charge on any atom is -0.486 e. The topological polar surface area (TPSA) is 146 Å². The van der Waals surface area contributed by atoms with Crippen molar-refractivity contribution in [3.05, 3.63) is 23.8 Å². The number of fused-ring (bicyclic) bond motifs is 1. The van der Waals surface area contributed by atoms with Crippen LogP contribution in [0.1, 0.15) is 5.56 Å². The summed E-state index contributed by atoms with van der Waals surface area (Å²) in [6.45, 7) is 1.31. The van der Waals surface area contributed by atoms with E-state index in [1.54, 1.807) is 6.07 Å². The Labute approximate surface area is 132 Å². The lowest BCUT2D eigenvalue weighted by molar-refractivity contribution is -0.128. The molecule has 0 aromatic heterocycles. The van der Waals surface area contributed by atoms with Crippen LogP contribution >= 0.6 is 0 Å². The summed E-state index contributed by atoms with van der Waals surface area (Å²) in [6, 6.07) is 3.27. The fraction of sp³-hybridized carbons (Fsp3) is 0.357. The number of carbonyl (C=O) groups excluding carboxylic acids is 3. The lowest BCUT2D eigenvalue weighted by Gasteiger charge is -2.19. The van der Waals surface area contributed by atoms with Gasteiger partial charge in [-0.2, -0.15) is 0 Å². The van der Waals surface area contributed by atoms with Gasteiger partial charge in [0.2, 0.25) is 11.8 Å². The fourth-order valence-electron chi connectivity index (χ4n) is 2.03. The Morgan fingerprint density at radius 2 is 1.74 bits per heavy atom. The van der Waals surface area contributed by atoms with Crippen LogP contribution in [0.5, 0.6) is 11.5 Å². The summed E-state index contributed by atoms with van der Waals surface area (Å²) in [5.74, 6) is -0.670. The molecular weight excluding hydrogens is 304 g/mol. The summed E-state index contributed by atoms with van der Waals surface area (Å²) in [5, 5.41) is 4.62. The fourth-order valence-corrected chi connectivity index (χ4v) is 2.03. The molecule has 0 bridgehead atoms. The summed E-state index contributed by atoms with van der Waals surface area (Å²) in [4.78, 5) is 33.5. The van der Waals surface area contributed by atoms with E-state index in [9.17, 15) is 14.4 Å². The molecule has 0 saturated heterocycles. The zero-order chi connectivity index (χ0) is 16.8. The van der Waals surface area contributed by atoms with E-state index < -0.39 is 23.9 Å². The average Bonchev–Trinajstić information content (AvgIpc) is 2.52. The van der Waals surface area contributed by atoms with Crippen LogP contribution in [0.3, 0.4) is 0 Å². The number of nitrogens with one attached hydrogen (secondary N) is 2. The normalized spacial score (nSPS) is 12.6. The summed E-state index contributed by atoms with van der Waals surface area (Å²) in [6.07, 6.45) is 0.530. The largest absolute Gasteiger partial charge is 0.486 e. The molecule has 4 amide bonds. The third-order valence-corrected chi connectivity index (χ3v) is 3.15.